The Morgan fingerprint density at radius 3 is 2.46 bits per heavy atom. The molecule has 4 heteroatoms. The van der Waals surface area contributed by atoms with Crippen LogP contribution in [0.4, 0.5) is 0 Å². The fourth-order valence-electron chi connectivity index (χ4n) is 4.72. The molecule has 2 atom stereocenters. The zero-order valence-electron chi connectivity index (χ0n) is 14.6. The standard InChI is InChI=1S/C20H28N2O2/c1-16-14-22(15-18(16)21-10-12-24-13-11-21)19(23)20(8-5-9-20)17-6-3-2-4-7-17/h2-4,6-7,16,18H,5,8-15H2,1H3. The lowest BCUT2D eigenvalue weighted by Crippen LogP contribution is -2.51. The Morgan fingerprint density at radius 1 is 1.12 bits per heavy atom. The number of rotatable bonds is 3. The van der Waals surface area contributed by atoms with Gasteiger partial charge >= 0.3 is 0 Å². The van der Waals surface area contributed by atoms with Crippen LogP contribution in [0, 0.1) is 5.92 Å². The molecule has 4 nitrogen and oxygen atoms in total. The lowest BCUT2D eigenvalue weighted by Gasteiger charge is -2.43. The summed E-state index contributed by atoms with van der Waals surface area (Å²) in [5, 5.41) is 0. The summed E-state index contributed by atoms with van der Waals surface area (Å²) in [7, 11) is 0. The molecule has 1 amide bonds. The van der Waals surface area contributed by atoms with Gasteiger partial charge in [-0.1, -0.05) is 43.7 Å². The SMILES string of the molecule is CC1CN(C(=O)C2(c3ccccc3)CCC2)CC1N1CCOCC1. The third-order valence-corrected chi connectivity index (χ3v) is 6.32. The normalized spacial score (nSPS) is 30.1. The topological polar surface area (TPSA) is 32.8 Å². The Labute approximate surface area is 144 Å². The number of carbonyl (C=O) groups excluding carboxylic acids is 1. The summed E-state index contributed by atoms with van der Waals surface area (Å²) in [6, 6.07) is 10.9. The van der Waals surface area contributed by atoms with E-state index in [-0.39, 0.29) is 5.41 Å². The molecule has 0 bridgehead atoms. The first kappa shape index (κ1) is 16.1. The molecule has 2 heterocycles. The molecule has 4 rings (SSSR count). The fraction of sp³-hybridized carbons (Fsp3) is 0.650. The Balaban J connectivity index is 1.50. The molecule has 3 aliphatic rings. The van der Waals surface area contributed by atoms with Gasteiger partial charge in [-0.2, -0.15) is 0 Å². The number of likely N-dealkylation sites (tertiary alicyclic amines) is 1. The summed E-state index contributed by atoms with van der Waals surface area (Å²) in [5.41, 5.74) is 0.963. The van der Waals surface area contributed by atoms with Crippen molar-refractivity contribution in [3.63, 3.8) is 0 Å². The first-order chi connectivity index (χ1) is 11.7. The van der Waals surface area contributed by atoms with Gasteiger partial charge < -0.3 is 9.64 Å². The molecular formula is C20H28N2O2. The van der Waals surface area contributed by atoms with Crippen molar-refractivity contribution in [3.8, 4) is 0 Å². The van der Waals surface area contributed by atoms with Gasteiger partial charge in [0.15, 0.2) is 0 Å². The van der Waals surface area contributed by atoms with Crippen LogP contribution >= 0.6 is 0 Å². The van der Waals surface area contributed by atoms with E-state index in [2.05, 4.69) is 41.0 Å². The maximum atomic E-state index is 13.4. The van der Waals surface area contributed by atoms with Crippen molar-refractivity contribution in [3.05, 3.63) is 35.9 Å². The smallest absolute Gasteiger partial charge is 0.233 e. The summed E-state index contributed by atoms with van der Waals surface area (Å²) in [6.45, 7) is 7.73. The van der Waals surface area contributed by atoms with Crippen LogP contribution in [0.15, 0.2) is 30.3 Å². The highest BCUT2D eigenvalue weighted by Crippen LogP contribution is 2.46. The molecule has 0 spiro atoms. The molecule has 1 aromatic carbocycles. The van der Waals surface area contributed by atoms with Gasteiger partial charge in [0.05, 0.1) is 18.6 Å². The average molecular weight is 328 g/mol. The lowest BCUT2D eigenvalue weighted by molar-refractivity contribution is -0.140. The number of amides is 1. The molecule has 3 fully saturated rings. The van der Waals surface area contributed by atoms with E-state index < -0.39 is 0 Å². The number of ether oxygens (including phenoxy) is 1. The third kappa shape index (κ3) is 2.66. The van der Waals surface area contributed by atoms with Gasteiger partial charge in [0.1, 0.15) is 0 Å². The van der Waals surface area contributed by atoms with E-state index in [9.17, 15) is 4.79 Å². The summed E-state index contributed by atoms with van der Waals surface area (Å²) in [4.78, 5) is 18.1. The van der Waals surface area contributed by atoms with E-state index in [0.29, 0.717) is 17.9 Å². The number of carbonyl (C=O) groups is 1. The highest BCUT2D eigenvalue weighted by Gasteiger charge is 2.50. The number of morpholine rings is 1. The molecule has 24 heavy (non-hydrogen) atoms. The molecular weight excluding hydrogens is 300 g/mol. The first-order valence-electron chi connectivity index (χ1n) is 9.37. The minimum Gasteiger partial charge on any atom is -0.379 e. The van der Waals surface area contributed by atoms with Crippen LogP contribution in [0.5, 0.6) is 0 Å². The van der Waals surface area contributed by atoms with Crippen molar-refractivity contribution in [2.24, 2.45) is 5.92 Å². The van der Waals surface area contributed by atoms with Crippen LogP contribution in [0.25, 0.3) is 0 Å². The van der Waals surface area contributed by atoms with Gasteiger partial charge in [-0.05, 0) is 24.3 Å². The van der Waals surface area contributed by atoms with Crippen molar-refractivity contribution in [1.29, 1.82) is 0 Å². The molecule has 0 radical (unpaired) electrons. The third-order valence-electron chi connectivity index (χ3n) is 6.32. The molecule has 2 unspecified atom stereocenters. The molecule has 1 aromatic rings. The first-order valence-corrected chi connectivity index (χ1v) is 9.37. The molecule has 1 aliphatic carbocycles. The van der Waals surface area contributed by atoms with Crippen molar-refractivity contribution in [2.75, 3.05) is 39.4 Å². The minimum atomic E-state index is -0.249. The number of nitrogens with zero attached hydrogens (tertiary/aromatic N) is 2. The number of hydrogen-bond acceptors (Lipinski definition) is 3. The summed E-state index contributed by atoms with van der Waals surface area (Å²) in [5.74, 6) is 0.905. The van der Waals surface area contributed by atoms with Gasteiger partial charge in [0.25, 0.3) is 0 Å². The summed E-state index contributed by atoms with van der Waals surface area (Å²) < 4.78 is 5.49. The molecule has 0 N–H and O–H groups in total. The predicted molar refractivity (Wildman–Crippen MR) is 93.9 cm³/mol. The fourth-order valence-corrected chi connectivity index (χ4v) is 4.72. The zero-order chi connectivity index (χ0) is 16.6. The van der Waals surface area contributed by atoms with E-state index in [4.69, 9.17) is 4.74 Å². The Kier molecular flexibility index (Phi) is 4.35. The Morgan fingerprint density at radius 2 is 1.83 bits per heavy atom. The molecule has 2 saturated heterocycles. The maximum Gasteiger partial charge on any atom is 0.233 e. The maximum absolute atomic E-state index is 13.4. The highest BCUT2D eigenvalue weighted by molar-refractivity contribution is 5.89. The van der Waals surface area contributed by atoms with Crippen LogP contribution in [0.3, 0.4) is 0 Å². The van der Waals surface area contributed by atoms with Gasteiger partial charge in [-0.15, -0.1) is 0 Å². The van der Waals surface area contributed by atoms with Crippen molar-refractivity contribution < 1.29 is 9.53 Å². The quantitative estimate of drug-likeness (QED) is 0.853. The second-order valence-electron chi connectivity index (χ2n) is 7.70. The highest BCUT2D eigenvalue weighted by atomic mass is 16.5. The predicted octanol–water partition coefficient (Wildman–Crippen LogP) is 2.29. The largest absolute Gasteiger partial charge is 0.379 e. The average Bonchev–Trinajstić information content (AvgIpc) is 2.97. The van der Waals surface area contributed by atoms with E-state index in [1.165, 1.54) is 5.56 Å². The molecule has 2 aliphatic heterocycles. The Hall–Kier alpha value is -1.39. The Bertz CT molecular complexity index is 579. The molecule has 130 valence electrons. The minimum absolute atomic E-state index is 0.249. The molecule has 1 saturated carbocycles. The van der Waals surface area contributed by atoms with Gasteiger partial charge in [-0.3, -0.25) is 9.69 Å². The van der Waals surface area contributed by atoms with Crippen molar-refractivity contribution in [2.45, 2.75) is 37.6 Å². The van der Waals surface area contributed by atoms with Crippen LogP contribution < -0.4 is 0 Å². The number of benzene rings is 1. The van der Waals surface area contributed by atoms with Gasteiger partial charge in [0, 0.05) is 32.2 Å². The summed E-state index contributed by atoms with van der Waals surface area (Å²) >= 11 is 0. The zero-order valence-corrected chi connectivity index (χ0v) is 14.6. The van der Waals surface area contributed by atoms with Crippen molar-refractivity contribution in [1.82, 2.24) is 9.80 Å². The van der Waals surface area contributed by atoms with Gasteiger partial charge in [-0.25, -0.2) is 0 Å². The van der Waals surface area contributed by atoms with Crippen LogP contribution in [0.1, 0.15) is 31.7 Å². The number of hydrogen-bond donors (Lipinski definition) is 0. The lowest BCUT2D eigenvalue weighted by atomic mass is 9.63. The van der Waals surface area contributed by atoms with Gasteiger partial charge in [0.2, 0.25) is 5.91 Å². The van der Waals surface area contributed by atoms with E-state index in [1.807, 2.05) is 6.07 Å². The van der Waals surface area contributed by atoms with E-state index in [0.717, 1.165) is 58.7 Å². The van der Waals surface area contributed by atoms with Crippen LogP contribution in [-0.4, -0.2) is 61.1 Å². The van der Waals surface area contributed by atoms with Crippen LogP contribution in [0.2, 0.25) is 0 Å². The van der Waals surface area contributed by atoms with E-state index in [1.54, 1.807) is 0 Å². The monoisotopic (exact) mass is 328 g/mol. The van der Waals surface area contributed by atoms with Crippen molar-refractivity contribution >= 4 is 5.91 Å². The second kappa shape index (κ2) is 6.49. The summed E-state index contributed by atoms with van der Waals surface area (Å²) in [6.07, 6.45) is 3.17. The van der Waals surface area contributed by atoms with Crippen LogP contribution in [-0.2, 0) is 14.9 Å². The molecule has 0 aromatic heterocycles. The second-order valence-corrected chi connectivity index (χ2v) is 7.70. The van der Waals surface area contributed by atoms with E-state index >= 15 is 0 Å².